The summed E-state index contributed by atoms with van der Waals surface area (Å²) in [7, 11) is 1.99. The van der Waals surface area contributed by atoms with Gasteiger partial charge in [-0.3, -0.25) is 0 Å². The predicted octanol–water partition coefficient (Wildman–Crippen LogP) is 2.80. The number of rotatable bonds is 1. The summed E-state index contributed by atoms with van der Waals surface area (Å²) in [5, 5.41) is 29.5. The van der Waals surface area contributed by atoms with Gasteiger partial charge in [0.2, 0.25) is 0 Å². The Bertz CT molecular complexity index is 895. The van der Waals surface area contributed by atoms with Crippen molar-refractivity contribution in [1.29, 1.82) is 15.8 Å². The van der Waals surface area contributed by atoms with Crippen LogP contribution in [0.4, 0.5) is 0 Å². The summed E-state index contributed by atoms with van der Waals surface area (Å²) in [6.07, 6.45) is 1.99. The number of hydrogen-bond acceptors (Lipinski definition) is 5. The van der Waals surface area contributed by atoms with Gasteiger partial charge in [-0.1, -0.05) is 34.1 Å². The lowest BCUT2D eigenvalue weighted by Crippen LogP contribution is -2.47. The van der Waals surface area contributed by atoms with Gasteiger partial charge in [0.05, 0.1) is 23.4 Å². The van der Waals surface area contributed by atoms with E-state index in [9.17, 15) is 15.8 Å². The van der Waals surface area contributed by atoms with Crippen LogP contribution in [0, 0.1) is 45.3 Å². The van der Waals surface area contributed by atoms with Gasteiger partial charge in [-0.25, -0.2) is 0 Å². The predicted molar refractivity (Wildman–Crippen MR) is 96.4 cm³/mol. The maximum Gasteiger partial charge on any atom is 0.191 e. The van der Waals surface area contributed by atoms with E-state index in [0.717, 1.165) is 15.6 Å². The number of nitriles is 3. The highest BCUT2D eigenvalue weighted by atomic mass is 79.9. The van der Waals surface area contributed by atoms with Crippen molar-refractivity contribution in [2.24, 2.45) is 17.1 Å². The summed E-state index contributed by atoms with van der Waals surface area (Å²) in [6.45, 7) is 1.37. The average molecular weight is 394 g/mol. The van der Waals surface area contributed by atoms with E-state index in [0.29, 0.717) is 13.1 Å². The Balaban J connectivity index is 2.34. The summed E-state index contributed by atoms with van der Waals surface area (Å²) in [4.78, 5) is 2.12. The summed E-state index contributed by atoms with van der Waals surface area (Å²) in [6, 6.07) is 14.0. The van der Waals surface area contributed by atoms with Gasteiger partial charge in [-0.15, -0.1) is 0 Å². The van der Waals surface area contributed by atoms with Crippen LogP contribution in [0.25, 0.3) is 0 Å². The fourth-order valence-electron chi connectivity index (χ4n) is 3.90. The second-order valence-electron chi connectivity index (χ2n) is 6.45. The first kappa shape index (κ1) is 17.2. The summed E-state index contributed by atoms with van der Waals surface area (Å²) in [5.74, 6) is -0.583. The van der Waals surface area contributed by atoms with Crippen LogP contribution in [0.5, 0.6) is 0 Å². The molecule has 2 unspecified atom stereocenters. The third-order valence-electron chi connectivity index (χ3n) is 5.05. The third kappa shape index (κ3) is 2.53. The minimum absolute atomic E-state index is 0.0667. The van der Waals surface area contributed by atoms with Crippen molar-refractivity contribution >= 4 is 15.9 Å². The number of allylic oxidation sites excluding steroid dienone is 2. The Hall–Kier alpha value is -2.59. The molecule has 0 aromatic heterocycles. The van der Waals surface area contributed by atoms with Gasteiger partial charge in [-0.05, 0) is 30.3 Å². The van der Waals surface area contributed by atoms with E-state index in [2.05, 4.69) is 39.0 Å². The normalized spacial score (nSPS) is 25.2. The Morgan fingerprint density at radius 3 is 2.60 bits per heavy atom. The second kappa shape index (κ2) is 6.37. The van der Waals surface area contributed by atoms with Crippen molar-refractivity contribution in [3.63, 3.8) is 0 Å². The zero-order chi connectivity index (χ0) is 18.2. The Morgan fingerprint density at radius 1 is 1.28 bits per heavy atom. The fourth-order valence-corrected chi connectivity index (χ4v) is 4.32. The molecule has 0 fully saturated rings. The third-order valence-corrected chi connectivity index (χ3v) is 5.55. The summed E-state index contributed by atoms with van der Waals surface area (Å²) >= 11 is 3.46. The van der Waals surface area contributed by atoms with Gasteiger partial charge in [0.1, 0.15) is 6.07 Å². The highest BCUT2D eigenvalue weighted by molar-refractivity contribution is 9.10. The van der Waals surface area contributed by atoms with Crippen LogP contribution in [0.1, 0.15) is 11.5 Å². The molecule has 1 aliphatic carbocycles. The van der Waals surface area contributed by atoms with Crippen LogP contribution in [0.15, 0.2) is 51.7 Å². The van der Waals surface area contributed by atoms with Crippen LogP contribution in [-0.4, -0.2) is 25.0 Å². The molecular weight excluding hydrogens is 378 g/mol. The number of nitrogens with zero attached hydrogens (tertiary/aromatic N) is 4. The largest absolute Gasteiger partial charge is 0.399 e. The molecule has 25 heavy (non-hydrogen) atoms. The van der Waals surface area contributed by atoms with E-state index in [1.54, 1.807) is 0 Å². The molecule has 2 aliphatic rings. The van der Waals surface area contributed by atoms with Gasteiger partial charge in [0.15, 0.2) is 5.41 Å². The number of hydrogen-bond donors (Lipinski definition) is 1. The van der Waals surface area contributed by atoms with Gasteiger partial charge in [0.25, 0.3) is 0 Å². The quantitative estimate of drug-likeness (QED) is 0.790. The van der Waals surface area contributed by atoms with E-state index in [1.165, 1.54) is 0 Å². The molecule has 3 rings (SSSR count). The average Bonchev–Trinajstić information content (AvgIpc) is 2.61. The van der Waals surface area contributed by atoms with E-state index < -0.39 is 11.3 Å². The molecule has 1 aromatic carbocycles. The molecule has 0 radical (unpaired) electrons. The van der Waals surface area contributed by atoms with Crippen molar-refractivity contribution < 1.29 is 0 Å². The van der Waals surface area contributed by atoms with E-state index >= 15 is 0 Å². The van der Waals surface area contributed by atoms with Crippen molar-refractivity contribution in [1.82, 2.24) is 4.90 Å². The molecule has 0 amide bonds. The molecule has 1 aliphatic heterocycles. The van der Waals surface area contributed by atoms with Crippen LogP contribution in [0.2, 0.25) is 0 Å². The zero-order valence-corrected chi connectivity index (χ0v) is 15.3. The van der Waals surface area contributed by atoms with E-state index in [4.69, 9.17) is 5.73 Å². The maximum absolute atomic E-state index is 9.94. The number of likely N-dealkylation sites (N-methyl/N-ethyl adjacent to an activating group) is 1. The molecule has 0 spiro atoms. The minimum Gasteiger partial charge on any atom is -0.399 e. The molecule has 5 nitrogen and oxygen atoms in total. The number of nitrogens with two attached hydrogens (primary N) is 1. The molecule has 124 valence electrons. The van der Waals surface area contributed by atoms with Crippen LogP contribution >= 0.6 is 15.9 Å². The van der Waals surface area contributed by atoms with Crippen molar-refractivity contribution in [3.05, 3.63) is 57.2 Å². The molecule has 1 heterocycles. The maximum atomic E-state index is 9.94. The van der Waals surface area contributed by atoms with E-state index in [1.807, 2.05) is 37.4 Å². The highest BCUT2D eigenvalue weighted by Gasteiger charge is 2.54. The first-order chi connectivity index (χ1) is 12.0. The zero-order valence-electron chi connectivity index (χ0n) is 13.7. The molecule has 1 aromatic rings. The second-order valence-corrected chi connectivity index (χ2v) is 7.37. The first-order valence-electron chi connectivity index (χ1n) is 7.85. The van der Waals surface area contributed by atoms with Crippen molar-refractivity contribution in [2.75, 3.05) is 20.1 Å². The van der Waals surface area contributed by atoms with Crippen molar-refractivity contribution in [2.45, 2.75) is 5.92 Å². The molecule has 0 saturated carbocycles. The molecule has 0 saturated heterocycles. The van der Waals surface area contributed by atoms with Gasteiger partial charge < -0.3 is 10.6 Å². The molecule has 0 bridgehead atoms. The topological polar surface area (TPSA) is 101 Å². The number of fused-ring (bicyclic) bond motifs is 1. The van der Waals surface area contributed by atoms with Crippen molar-refractivity contribution in [3.8, 4) is 18.2 Å². The summed E-state index contributed by atoms with van der Waals surface area (Å²) in [5.41, 5.74) is 6.75. The smallest absolute Gasteiger partial charge is 0.191 e. The Labute approximate surface area is 155 Å². The lowest BCUT2D eigenvalue weighted by Gasteiger charge is -2.45. The minimum atomic E-state index is -1.56. The first-order valence-corrected chi connectivity index (χ1v) is 8.65. The highest BCUT2D eigenvalue weighted by Crippen LogP contribution is 2.54. The van der Waals surface area contributed by atoms with Gasteiger partial charge >= 0.3 is 0 Å². The van der Waals surface area contributed by atoms with Crippen LogP contribution < -0.4 is 5.73 Å². The van der Waals surface area contributed by atoms with Crippen LogP contribution in [-0.2, 0) is 0 Å². The molecular formula is C19H16BrN5. The monoisotopic (exact) mass is 393 g/mol. The molecule has 2 N–H and O–H groups in total. The lowest BCUT2D eigenvalue weighted by atomic mass is 9.58. The van der Waals surface area contributed by atoms with Crippen LogP contribution in [0.3, 0.4) is 0 Å². The lowest BCUT2D eigenvalue weighted by molar-refractivity contribution is 0.237. The Morgan fingerprint density at radius 2 is 2.00 bits per heavy atom. The number of benzene rings is 1. The molecule has 2 atom stereocenters. The summed E-state index contributed by atoms with van der Waals surface area (Å²) < 4.78 is 0.873. The number of halogens is 1. The Kier molecular flexibility index (Phi) is 4.39. The standard InChI is InChI=1S/C19H16BrN5/c1-25-6-5-14-15(8-21)18(24)19(10-22,11-23)17(16(14)9-25)12-3-2-4-13(20)7-12/h2-5,7,16-17H,6,9,24H2,1H3. The molecule has 6 heteroatoms. The SMILES string of the molecule is CN1CC=C2C(C#N)=C(N)C(C#N)(C#N)C(c3cccc(Br)c3)C2C1. The van der Waals surface area contributed by atoms with Gasteiger partial charge in [0, 0.05) is 29.4 Å². The van der Waals surface area contributed by atoms with Gasteiger partial charge in [-0.2, -0.15) is 15.8 Å². The van der Waals surface area contributed by atoms with E-state index in [-0.39, 0.29) is 17.2 Å². The fraction of sp³-hybridized carbons (Fsp3) is 0.316.